The van der Waals surface area contributed by atoms with E-state index in [4.69, 9.17) is 11.5 Å². The zero-order valence-electron chi connectivity index (χ0n) is 13.0. The number of halogens is 1. The molecule has 0 spiro atoms. The van der Waals surface area contributed by atoms with Gasteiger partial charge in [-0.3, -0.25) is 0 Å². The molecule has 0 aliphatic heterocycles. The van der Waals surface area contributed by atoms with Crippen LogP contribution in [0.3, 0.4) is 0 Å². The zero-order chi connectivity index (χ0) is 17.5. The maximum atomic E-state index is 12.0. The number of benzene rings is 2. The number of carbonyl (C=O) groups is 1. The van der Waals surface area contributed by atoms with E-state index in [1.54, 1.807) is 31.2 Å². The molecule has 6 N–H and O–H groups in total. The van der Waals surface area contributed by atoms with Crippen molar-refractivity contribution in [1.29, 1.82) is 0 Å². The molecule has 0 fully saturated rings. The third kappa shape index (κ3) is 5.40. The minimum atomic E-state index is -0.323. The first-order valence-electron chi connectivity index (χ1n) is 7.01. The van der Waals surface area contributed by atoms with Crippen molar-refractivity contribution in [2.24, 2.45) is 21.7 Å². The van der Waals surface area contributed by atoms with Crippen LogP contribution in [-0.2, 0) is 0 Å². The maximum absolute atomic E-state index is 12.0. The van der Waals surface area contributed by atoms with Crippen LogP contribution in [0.5, 0.6) is 0 Å². The van der Waals surface area contributed by atoms with Gasteiger partial charge in [-0.15, -0.1) is 5.10 Å². The van der Waals surface area contributed by atoms with Crippen molar-refractivity contribution >= 4 is 45.0 Å². The Morgan fingerprint density at radius 3 is 1.92 bits per heavy atom. The standard InChI is InChI=1S/C16H17BrN6O/c1-10(22-23-15(18)19)11-2-6-13(7-3-11)20-16(24)21-14-8-4-12(17)5-9-14/h2-9H,1H3,(H4,18,19,23)(H2,20,21,24)/b22-10-. The van der Waals surface area contributed by atoms with Gasteiger partial charge in [0.1, 0.15) is 0 Å². The van der Waals surface area contributed by atoms with Gasteiger partial charge in [0.25, 0.3) is 0 Å². The molecule has 0 radical (unpaired) electrons. The topological polar surface area (TPSA) is 118 Å². The summed E-state index contributed by atoms with van der Waals surface area (Å²) in [7, 11) is 0. The fourth-order valence-electron chi connectivity index (χ4n) is 1.81. The van der Waals surface area contributed by atoms with Gasteiger partial charge in [0.05, 0.1) is 5.71 Å². The highest BCUT2D eigenvalue weighted by molar-refractivity contribution is 9.10. The zero-order valence-corrected chi connectivity index (χ0v) is 14.5. The smallest absolute Gasteiger partial charge is 0.323 e. The molecule has 0 aliphatic carbocycles. The van der Waals surface area contributed by atoms with Crippen LogP contribution in [0, 0.1) is 0 Å². The van der Waals surface area contributed by atoms with E-state index >= 15 is 0 Å². The second kappa shape index (κ2) is 8.11. The Hall–Kier alpha value is -2.87. The highest BCUT2D eigenvalue weighted by Gasteiger charge is 2.04. The van der Waals surface area contributed by atoms with Crippen molar-refractivity contribution in [2.75, 3.05) is 10.6 Å². The number of hydrogen-bond donors (Lipinski definition) is 4. The first-order chi connectivity index (χ1) is 11.4. The number of anilines is 2. The Morgan fingerprint density at radius 2 is 1.42 bits per heavy atom. The van der Waals surface area contributed by atoms with Gasteiger partial charge < -0.3 is 22.1 Å². The number of urea groups is 1. The Kier molecular flexibility index (Phi) is 5.91. The summed E-state index contributed by atoms with van der Waals surface area (Å²) in [5.74, 6) is -0.0998. The van der Waals surface area contributed by atoms with Crippen molar-refractivity contribution in [3.05, 3.63) is 58.6 Å². The highest BCUT2D eigenvalue weighted by Crippen LogP contribution is 2.15. The molecule has 0 saturated heterocycles. The van der Waals surface area contributed by atoms with Gasteiger partial charge in [0.15, 0.2) is 0 Å². The van der Waals surface area contributed by atoms with Crippen molar-refractivity contribution in [3.63, 3.8) is 0 Å². The molecule has 0 aliphatic rings. The lowest BCUT2D eigenvalue weighted by Gasteiger charge is -2.08. The van der Waals surface area contributed by atoms with E-state index in [0.717, 1.165) is 10.0 Å². The number of nitrogens with two attached hydrogens (primary N) is 2. The summed E-state index contributed by atoms with van der Waals surface area (Å²) in [4.78, 5) is 12.0. The van der Waals surface area contributed by atoms with Crippen LogP contribution in [-0.4, -0.2) is 17.7 Å². The van der Waals surface area contributed by atoms with Crippen LogP contribution in [0.4, 0.5) is 16.2 Å². The summed E-state index contributed by atoms with van der Waals surface area (Å²) < 4.78 is 0.946. The Morgan fingerprint density at radius 1 is 0.917 bits per heavy atom. The van der Waals surface area contributed by atoms with E-state index in [-0.39, 0.29) is 12.0 Å². The van der Waals surface area contributed by atoms with Gasteiger partial charge in [0.2, 0.25) is 5.96 Å². The van der Waals surface area contributed by atoms with Gasteiger partial charge in [-0.1, -0.05) is 28.1 Å². The molecule has 24 heavy (non-hydrogen) atoms. The average Bonchev–Trinajstić information content (AvgIpc) is 2.55. The monoisotopic (exact) mass is 388 g/mol. The Balaban J connectivity index is 1.98. The molecule has 2 aromatic rings. The molecule has 0 saturated carbocycles. The molecule has 2 aromatic carbocycles. The van der Waals surface area contributed by atoms with E-state index in [1.165, 1.54) is 0 Å². The summed E-state index contributed by atoms with van der Waals surface area (Å²) >= 11 is 3.34. The van der Waals surface area contributed by atoms with Crippen LogP contribution >= 0.6 is 15.9 Å². The Bertz CT molecular complexity index is 764. The molecule has 2 rings (SSSR count). The number of nitrogens with one attached hydrogen (secondary N) is 2. The third-order valence-electron chi connectivity index (χ3n) is 2.98. The molecule has 2 amide bonds. The first kappa shape index (κ1) is 17.5. The van der Waals surface area contributed by atoms with E-state index in [2.05, 4.69) is 36.8 Å². The largest absolute Gasteiger partial charge is 0.369 e. The van der Waals surface area contributed by atoms with Gasteiger partial charge >= 0.3 is 6.03 Å². The number of hydrogen-bond acceptors (Lipinski definition) is 3. The van der Waals surface area contributed by atoms with Gasteiger partial charge in [-0.2, -0.15) is 5.10 Å². The SMILES string of the molecule is C/C(=N/N=C(N)N)c1ccc(NC(=O)Nc2ccc(Br)cc2)cc1. The van der Waals surface area contributed by atoms with Crippen LogP contribution in [0.25, 0.3) is 0 Å². The van der Waals surface area contributed by atoms with Crippen molar-refractivity contribution < 1.29 is 4.79 Å². The van der Waals surface area contributed by atoms with Crippen molar-refractivity contribution in [1.82, 2.24) is 0 Å². The average molecular weight is 389 g/mol. The van der Waals surface area contributed by atoms with E-state index < -0.39 is 0 Å². The highest BCUT2D eigenvalue weighted by atomic mass is 79.9. The van der Waals surface area contributed by atoms with Gasteiger partial charge in [-0.05, 0) is 48.9 Å². The summed E-state index contributed by atoms with van der Waals surface area (Å²) in [6.45, 7) is 1.79. The van der Waals surface area contributed by atoms with Crippen LogP contribution < -0.4 is 22.1 Å². The molecular formula is C16H17BrN6O. The first-order valence-corrected chi connectivity index (χ1v) is 7.80. The predicted molar refractivity (Wildman–Crippen MR) is 101 cm³/mol. The van der Waals surface area contributed by atoms with E-state index in [1.807, 2.05) is 24.3 Å². The van der Waals surface area contributed by atoms with Crippen molar-refractivity contribution in [2.45, 2.75) is 6.92 Å². The lowest BCUT2D eigenvalue weighted by molar-refractivity contribution is 0.262. The quantitative estimate of drug-likeness (QED) is 0.366. The number of guanidine groups is 1. The third-order valence-corrected chi connectivity index (χ3v) is 3.51. The summed E-state index contributed by atoms with van der Waals surface area (Å²) in [6, 6.07) is 14.2. The molecular weight excluding hydrogens is 372 g/mol. The lowest BCUT2D eigenvalue weighted by Crippen LogP contribution is -2.22. The molecule has 8 heteroatoms. The van der Waals surface area contributed by atoms with Crippen LogP contribution in [0.15, 0.2) is 63.2 Å². The van der Waals surface area contributed by atoms with Crippen LogP contribution in [0.2, 0.25) is 0 Å². The van der Waals surface area contributed by atoms with E-state index in [9.17, 15) is 4.79 Å². The molecule has 0 atom stereocenters. The molecule has 124 valence electrons. The van der Waals surface area contributed by atoms with Crippen molar-refractivity contribution in [3.8, 4) is 0 Å². The van der Waals surface area contributed by atoms with Gasteiger partial charge in [-0.25, -0.2) is 4.79 Å². The fraction of sp³-hybridized carbons (Fsp3) is 0.0625. The lowest BCUT2D eigenvalue weighted by atomic mass is 10.1. The summed E-state index contributed by atoms with van der Waals surface area (Å²) in [6.07, 6.45) is 0. The Labute approximate surface area is 148 Å². The number of nitrogens with zero attached hydrogens (tertiary/aromatic N) is 2. The maximum Gasteiger partial charge on any atom is 0.323 e. The predicted octanol–water partition coefficient (Wildman–Crippen LogP) is 3.09. The normalized spacial score (nSPS) is 10.8. The summed E-state index contributed by atoms with van der Waals surface area (Å²) in [5, 5.41) is 13.0. The molecule has 0 unspecified atom stereocenters. The number of amides is 2. The molecule has 0 aromatic heterocycles. The second-order valence-corrected chi connectivity index (χ2v) is 5.79. The number of rotatable bonds is 4. The minimum absolute atomic E-state index is 0.0998. The summed E-state index contributed by atoms with van der Waals surface area (Å²) in [5.41, 5.74) is 13.3. The van der Waals surface area contributed by atoms with E-state index in [0.29, 0.717) is 17.1 Å². The minimum Gasteiger partial charge on any atom is -0.369 e. The van der Waals surface area contributed by atoms with Crippen LogP contribution in [0.1, 0.15) is 12.5 Å². The molecule has 7 nitrogen and oxygen atoms in total. The molecule has 0 bridgehead atoms. The van der Waals surface area contributed by atoms with Gasteiger partial charge in [0, 0.05) is 15.8 Å². The number of carbonyl (C=O) groups excluding carboxylic acids is 1. The molecule has 0 heterocycles. The second-order valence-electron chi connectivity index (χ2n) is 4.87. The fourth-order valence-corrected chi connectivity index (χ4v) is 2.08.